The van der Waals surface area contributed by atoms with Crippen LogP contribution in [0.3, 0.4) is 0 Å². The van der Waals surface area contributed by atoms with Gasteiger partial charge in [0.2, 0.25) is 0 Å². The first-order valence-corrected chi connectivity index (χ1v) is 4.70. The van der Waals surface area contributed by atoms with E-state index in [1.165, 1.54) is 33.0 Å². The molecule has 0 spiro atoms. The fourth-order valence-electron chi connectivity index (χ4n) is 0.479. The van der Waals surface area contributed by atoms with E-state index in [1.54, 1.807) is 0 Å². The van der Waals surface area contributed by atoms with Crippen molar-refractivity contribution in [1.82, 2.24) is 5.32 Å². The Labute approximate surface area is 72.6 Å². The van der Waals surface area contributed by atoms with Gasteiger partial charge >= 0.3 is 0 Å². The molecule has 0 unspecified atom stereocenters. The predicted octanol–water partition coefficient (Wildman–Crippen LogP) is 2.00. The molecule has 3 N–H and O–H groups in total. The minimum atomic E-state index is 1.17. The molecule has 2 heteroatoms. The lowest BCUT2D eigenvalue weighted by Crippen LogP contribution is -2.14. The Morgan fingerprint density at radius 1 is 0.909 bits per heavy atom. The van der Waals surface area contributed by atoms with Crippen LogP contribution >= 0.6 is 0 Å². The summed E-state index contributed by atoms with van der Waals surface area (Å²) in [5, 5.41) is 3.28. The van der Waals surface area contributed by atoms with Gasteiger partial charge in [-0.15, -0.1) is 0 Å². The molecule has 0 aliphatic rings. The van der Waals surface area contributed by atoms with Gasteiger partial charge in [0.1, 0.15) is 0 Å². The van der Waals surface area contributed by atoms with Crippen molar-refractivity contribution in [3.8, 4) is 0 Å². The highest BCUT2D eigenvalue weighted by Gasteiger charge is 1.76. The second-order valence-electron chi connectivity index (χ2n) is 1.75. The lowest BCUT2D eigenvalue weighted by molar-refractivity contribution is 0.662. The summed E-state index contributed by atoms with van der Waals surface area (Å²) in [6.07, 6.45) is 2.50. The van der Waals surface area contributed by atoms with Crippen LogP contribution in [0.4, 0.5) is 0 Å². The van der Waals surface area contributed by atoms with Gasteiger partial charge in [0.25, 0.3) is 0 Å². The summed E-state index contributed by atoms with van der Waals surface area (Å²) < 4.78 is 0. The Balaban J connectivity index is -0.000000138. The Bertz CT molecular complexity index is 26.7. The SMILES string of the molecule is CC.CCCNCCC.CN. The quantitative estimate of drug-likeness (QED) is 0.620. The summed E-state index contributed by atoms with van der Waals surface area (Å²) in [7, 11) is 1.50. The van der Waals surface area contributed by atoms with Crippen LogP contribution in [-0.4, -0.2) is 20.1 Å². The van der Waals surface area contributed by atoms with Gasteiger partial charge in [-0.1, -0.05) is 27.7 Å². The molecule has 0 saturated carbocycles. The molecule has 0 radical (unpaired) electrons. The normalized spacial score (nSPS) is 7.09. The number of nitrogens with two attached hydrogens (primary N) is 1. The minimum absolute atomic E-state index is 1.17. The van der Waals surface area contributed by atoms with E-state index in [4.69, 9.17) is 0 Å². The number of rotatable bonds is 4. The lowest BCUT2D eigenvalue weighted by atomic mass is 10.4. The highest BCUT2D eigenvalue weighted by molar-refractivity contribution is 4.39. The monoisotopic (exact) mass is 162 g/mol. The molecule has 0 aliphatic carbocycles. The summed E-state index contributed by atoms with van der Waals surface area (Å²) in [6, 6.07) is 0. The second-order valence-corrected chi connectivity index (χ2v) is 1.75. The van der Waals surface area contributed by atoms with Crippen molar-refractivity contribution in [1.29, 1.82) is 0 Å². The zero-order valence-corrected chi connectivity index (χ0v) is 8.91. The van der Waals surface area contributed by atoms with Crippen LogP contribution in [0, 0.1) is 0 Å². The largest absolute Gasteiger partial charge is 0.333 e. The lowest BCUT2D eigenvalue weighted by Gasteiger charge is -1.95. The Hall–Kier alpha value is -0.0800. The van der Waals surface area contributed by atoms with E-state index >= 15 is 0 Å². The van der Waals surface area contributed by atoms with Crippen LogP contribution in [0.15, 0.2) is 0 Å². The Morgan fingerprint density at radius 2 is 1.18 bits per heavy atom. The number of hydrogen-bond acceptors (Lipinski definition) is 2. The van der Waals surface area contributed by atoms with Gasteiger partial charge in [-0.25, -0.2) is 0 Å². The maximum atomic E-state index is 4.50. The summed E-state index contributed by atoms with van der Waals surface area (Å²) in [5.74, 6) is 0. The van der Waals surface area contributed by atoms with Crippen molar-refractivity contribution in [3.63, 3.8) is 0 Å². The Kier molecular flexibility index (Phi) is 50.8. The van der Waals surface area contributed by atoms with Crippen LogP contribution in [0.25, 0.3) is 0 Å². The maximum absolute atomic E-state index is 4.50. The van der Waals surface area contributed by atoms with Crippen molar-refractivity contribution in [2.75, 3.05) is 20.1 Å². The summed E-state index contributed by atoms with van der Waals surface area (Å²) in [4.78, 5) is 0. The minimum Gasteiger partial charge on any atom is -0.333 e. The average molecular weight is 162 g/mol. The average Bonchev–Trinajstić information content (AvgIpc) is 2.13. The molecule has 0 bridgehead atoms. The Morgan fingerprint density at radius 3 is 1.36 bits per heavy atom. The molecule has 0 aromatic carbocycles. The molecule has 11 heavy (non-hydrogen) atoms. The molecule has 0 aromatic rings. The van der Waals surface area contributed by atoms with Crippen molar-refractivity contribution in [3.05, 3.63) is 0 Å². The first-order chi connectivity index (χ1) is 5.41. The van der Waals surface area contributed by atoms with Gasteiger partial charge < -0.3 is 11.1 Å². The van der Waals surface area contributed by atoms with Crippen LogP contribution in [0.1, 0.15) is 40.5 Å². The van der Waals surface area contributed by atoms with Gasteiger partial charge in [-0.05, 0) is 33.0 Å². The van der Waals surface area contributed by atoms with Crippen molar-refractivity contribution in [2.24, 2.45) is 5.73 Å². The molecule has 2 nitrogen and oxygen atoms in total. The highest BCUT2D eigenvalue weighted by atomic mass is 14.8. The van der Waals surface area contributed by atoms with E-state index in [2.05, 4.69) is 24.9 Å². The first kappa shape index (κ1) is 17.1. The molecule has 0 heterocycles. The first-order valence-electron chi connectivity index (χ1n) is 4.70. The van der Waals surface area contributed by atoms with Crippen molar-refractivity contribution in [2.45, 2.75) is 40.5 Å². The van der Waals surface area contributed by atoms with Crippen molar-refractivity contribution < 1.29 is 0 Å². The summed E-state index contributed by atoms with van der Waals surface area (Å²) >= 11 is 0. The van der Waals surface area contributed by atoms with Gasteiger partial charge in [-0.2, -0.15) is 0 Å². The maximum Gasteiger partial charge on any atom is -0.00516 e. The zero-order chi connectivity index (χ0) is 9.54. The van der Waals surface area contributed by atoms with E-state index in [0.29, 0.717) is 0 Å². The fourth-order valence-corrected chi connectivity index (χ4v) is 0.479. The third-order valence-electron chi connectivity index (χ3n) is 0.854. The van der Waals surface area contributed by atoms with Crippen LogP contribution < -0.4 is 11.1 Å². The standard InChI is InChI=1S/C6H15N.C2H6.CH5N/c1-3-5-7-6-4-2;2*1-2/h7H,3-6H2,1-2H3;1-2H3;2H2,1H3. The van der Waals surface area contributed by atoms with Crippen LogP contribution in [-0.2, 0) is 0 Å². The topological polar surface area (TPSA) is 38.0 Å². The van der Waals surface area contributed by atoms with Crippen LogP contribution in [0.5, 0.6) is 0 Å². The molecule has 0 fully saturated rings. The molecule has 0 aliphatic heterocycles. The van der Waals surface area contributed by atoms with Gasteiger partial charge in [0.05, 0.1) is 0 Å². The third-order valence-corrected chi connectivity index (χ3v) is 0.854. The van der Waals surface area contributed by atoms with E-state index in [0.717, 1.165) is 0 Å². The van der Waals surface area contributed by atoms with Gasteiger partial charge in [0.15, 0.2) is 0 Å². The third kappa shape index (κ3) is 40.5. The molecule has 0 atom stereocenters. The molecule has 0 saturated heterocycles. The smallest absolute Gasteiger partial charge is 0.00516 e. The van der Waals surface area contributed by atoms with E-state index in [9.17, 15) is 0 Å². The van der Waals surface area contributed by atoms with Gasteiger partial charge in [0, 0.05) is 0 Å². The predicted molar refractivity (Wildman–Crippen MR) is 54.9 cm³/mol. The van der Waals surface area contributed by atoms with E-state index < -0.39 is 0 Å². The molecule has 0 aromatic heterocycles. The van der Waals surface area contributed by atoms with E-state index in [-0.39, 0.29) is 0 Å². The number of nitrogens with one attached hydrogen (secondary N) is 1. The molecule has 0 amide bonds. The number of hydrogen-bond donors (Lipinski definition) is 2. The highest BCUT2D eigenvalue weighted by Crippen LogP contribution is 1.71. The molecule has 72 valence electrons. The van der Waals surface area contributed by atoms with E-state index in [1.807, 2.05) is 13.8 Å². The van der Waals surface area contributed by atoms with Crippen LogP contribution in [0.2, 0.25) is 0 Å². The molecular weight excluding hydrogens is 136 g/mol. The summed E-state index contributed by atoms with van der Waals surface area (Å²) in [5.41, 5.74) is 4.50. The fraction of sp³-hybridized carbons (Fsp3) is 1.00. The molecular formula is C9H26N2. The van der Waals surface area contributed by atoms with Gasteiger partial charge in [-0.3, -0.25) is 0 Å². The molecule has 0 rings (SSSR count). The van der Waals surface area contributed by atoms with Crippen molar-refractivity contribution >= 4 is 0 Å². The zero-order valence-electron chi connectivity index (χ0n) is 8.91. The second kappa shape index (κ2) is 32.6. The summed E-state index contributed by atoms with van der Waals surface area (Å²) in [6.45, 7) is 10.7.